The van der Waals surface area contributed by atoms with Crippen molar-refractivity contribution in [3.8, 4) is 11.5 Å². The van der Waals surface area contributed by atoms with Gasteiger partial charge in [0.2, 0.25) is 5.91 Å². The Morgan fingerprint density at radius 3 is 2.57 bits per heavy atom. The number of amides is 2. The van der Waals surface area contributed by atoms with E-state index in [9.17, 15) is 29.9 Å². The molecule has 0 spiro atoms. The lowest BCUT2D eigenvalue weighted by Gasteiger charge is -2.14. The van der Waals surface area contributed by atoms with Gasteiger partial charge in [-0.2, -0.15) is 0 Å². The summed E-state index contributed by atoms with van der Waals surface area (Å²) in [5.41, 5.74) is 0.667. The Labute approximate surface area is 180 Å². The summed E-state index contributed by atoms with van der Waals surface area (Å²) in [6.07, 6.45) is 1.44. The lowest BCUT2D eigenvalue weighted by Crippen LogP contribution is -2.31. The van der Waals surface area contributed by atoms with Gasteiger partial charge >= 0.3 is 0 Å². The van der Waals surface area contributed by atoms with Crippen LogP contribution in [0.4, 0.5) is 11.4 Å². The number of carbonyl (C=O) groups excluding carboxylic acids is 2. The standard InChI is InChI=1S/C19H15N3O6S2/c23-14-6-1-11(15(24)10-14)9-16-18(26)21(19(29)30-16)8-7-17(25)20-12-2-4-13(5-3-12)22(27)28/h1-6,9-10,23-24H,7-8H2,(H,20,25)/b16-9-. The van der Waals surface area contributed by atoms with Crippen molar-refractivity contribution in [3.05, 3.63) is 63.0 Å². The Hall–Kier alpha value is -3.44. The normalized spacial score (nSPS) is 14.9. The Morgan fingerprint density at radius 2 is 1.93 bits per heavy atom. The molecule has 2 aromatic rings. The summed E-state index contributed by atoms with van der Waals surface area (Å²) in [5.74, 6) is -1.04. The molecular weight excluding hydrogens is 430 g/mol. The van der Waals surface area contributed by atoms with E-state index in [0.29, 0.717) is 11.3 Å². The van der Waals surface area contributed by atoms with E-state index in [1.165, 1.54) is 47.4 Å². The number of nitro groups is 1. The van der Waals surface area contributed by atoms with Gasteiger partial charge in [0, 0.05) is 42.4 Å². The van der Waals surface area contributed by atoms with Crippen LogP contribution in [-0.4, -0.2) is 42.7 Å². The molecule has 11 heteroatoms. The number of hydrogen-bond acceptors (Lipinski definition) is 8. The molecule has 1 aliphatic rings. The Balaban J connectivity index is 1.60. The molecule has 0 bridgehead atoms. The second-order valence-corrected chi connectivity index (χ2v) is 7.85. The molecule has 2 aromatic carbocycles. The number of anilines is 1. The fourth-order valence-electron chi connectivity index (χ4n) is 2.59. The van der Waals surface area contributed by atoms with Crippen LogP contribution in [0.1, 0.15) is 12.0 Å². The van der Waals surface area contributed by atoms with Gasteiger partial charge in [-0.15, -0.1) is 0 Å². The topological polar surface area (TPSA) is 133 Å². The molecule has 3 rings (SSSR count). The van der Waals surface area contributed by atoms with Crippen LogP contribution >= 0.6 is 24.0 Å². The van der Waals surface area contributed by atoms with Gasteiger partial charge < -0.3 is 15.5 Å². The van der Waals surface area contributed by atoms with Gasteiger partial charge in [-0.3, -0.25) is 24.6 Å². The molecule has 30 heavy (non-hydrogen) atoms. The SMILES string of the molecule is O=C(CCN1C(=O)/C(=C/c2ccc(O)cc2O)SC1=S)Nc1ccc([N+](=O)[O-])cc1. The lowest BCUT2D eigenvalue weighted by atomic mass is 10.1. The van der Waals surface area contributed by atoms with E-state index in [-0.39, 0.29) is 51.2 Å². The number of benzene rings is 2. The van der Waals surface area contributed by atoms with E-state index in [2.05, 4.69) is 5.32 Å². The number of phenolic OH excluding ortho intramolecular Hbond substituents is 2. The number of nitrogens with one attached hydrogen (secondary N) is 1. The number of nitrogens with zero attached hydrogens (tertiary/aromatic N) is 2. The predicted octanol–water partition coefficient (Wildman–Crippen LogP) is 3.24. The van der Waals surface area contributed by atoms with Crippen molar-refractivity contribution >= 4 is 57.6 Å². The quantitative estimate of drug-likeness (QED) is 0.267. The minimum Gasteiger partial charge on any atom is -0.508 e. The number of aromatic hydroxyl groups is 2. The molecule has 1 aliphatic heterocycles. The van der Waals surface area contributed by atoms with Crippen molar-refractivity contribution < 1.29 is 24.7 Å². The molecule has 3 N–H and O–H groups in total. The molecule has 0 aliphatic carbocycles. The van der Waals surface area contributed by atoms with E-state index in [1.54, 1.807) is 0 Å². The summed E-state index contributed by atoms with van der Waals surface area (Å²) >= 11 is 6.26. The maximum Gasteiger partial charge on any atom is 0.269 e. The Bertz CT molecular complexity index is 1070. The first-order valence-corrected chi connectivity index (χ1v) is 9.79. The molecule has 0 radical (unpaired) electrons. The molecule has 1 heterocycles. The van der Waals surface area contributed by atoms with Gasteiger partial charge in [-0.25, -0.2) is 0 Å². The molecule has 2 amide bonds. The molecule has 0 unspecified atom stereocenters. The summed E-state index contributed by atoms with van der Waals surface area (Å²) in [6, 6.07) is 9.41. The highest BCUT2D eigenvalue weighted by Crippen LogP contribution is 2.34. The van der Waals surface area contributed by atoms with Crippen LogP contribution in [0.2, 0.25) is 0 Å². The maximum atomic E-state index is 12.6. The number of phenols is 2. The van der Waals surface area contributed by atoms with E-state index >= 15 is 0 Å². The third-order valence-corrected chi connectivity index (χ3v) is 5.48. The summed E-state index contributed by atoms with van der Waals surface area (Å²) in [5, 5.41) is 32.5. The van der Waals surface area contributed by atoms with Gasteiger partial charge in [0.15, 0.2) is 0 Å². The highest BCUT2D eigenvalue weighted by atomic mass is 32.2. The van der Waals surface area contributed by atoms with Crippen molar-refractivity contribution in [1.29, 1.82) is 0 Å². The first kappa shape index (κ1) is 21.3. The summed E-state index contributed by atoms with van der Waals surface area (Å²) in [4.78, 5) is 36.4. The van der Waals surface area contributed by atoms with Crippen molar-refractivity contribution in [3.63, 3.8) is 0 Å². The number of thioether (sulfide) groups is 1. The van der Waals surface area contributed by atoms with E-state index in [1.807, 2.05) is 0 Å². The zero-order valence-electron chi connectivity index (χ0n) is 15.3. The second-order valence-electron chi connectivity index (χ2n) is 6.18. The number of thiocarbonyl (C=S) groups is 1. The van der Waals surface area contributed by atoms with Crippen LogP contribution in [0, 0.1) is 10.1 Å². The second kappa shape index (κ2) is 8.93. The summed E-state index contributed by atoms with van der Waals surface area (Å²) in [7, 11) is 0. The molecule has 154 valence electrons. The van der Waals surface area contributed by atoms with Crippen LogP contribution in [0.15, 0.2) is 47.4 Å². The third kappa shape index (κ3) is 4.93. The number of nitro benzene ring substituents is 1. The number of hydrogen-bond donors (Lipinski definition) is 3. The number of rotatable bonds is 6. The van der Waals surface area contributed by atoms with Crippen LogP contribution < -0.4 is 5.32 Å². The zero-order valence-corrected chi connectivity index (χ0v) is 16.9. The largest absolute Gasteiger partial charge is 0.508 e. The van der Waals surface area contributed by atoms with E-state index in [0.717, 1.165) is 17.8 Å². The first-order valence-electron chi connectivity index (χ1n) is 8.56. The smallest absolute Gasteiger partial charge is 0.269 e. The van der Waals surface area contributed by atoms with Gasteiger partial charge in [-0.1, -0.05) is 24.0 Å². The molecular formula is C19H15N3O6S2. The molecule has 0 atom stereocenters. The monoisotopic (exact) mass is 445 g/mol. The Morgan fingerprint density at radius 1 is 1.23 bits per heavy atom. The van der Waals surface area contributed by atoms with Crippen molar-refractivity contribution in [2.45, 2.75) is 6.42 Å². The van der Waals surface area contributed by atoms with Crippen LogP contribution in [-0.2, 0) is 9.59 Å². The van der Waals surface area contributed by atoms with Gasteiger partial charge in [0.1, 0.15) is 15.8 Å². The number of non-ortho nitro benzene ring substituents is 1. The number of carbonyl (C=O) groups is 2. The highest BCUT2D eigenvalue weighted by Gasteiger charge is 2.32. The maximum absolute atomic E-state index is 12.6. The summed E-state index contributed by atoms with van der Waals surface area (Å²) < 4.78 is 0.285. The minimum absolute atomic E-state index is 0.0266. The average Bonchev–Trinajstić information content (AvgIpc) is 2.95. The van der Waals surface area contributed by atoms with Crippen LogP contribution in [0.3, 0.4) is 0 Å². The lowest BCUT2D eigenvalue weighted by molar-refractivity contribution is -0.384. The van der Waals surface area contributed by atoms with Crippen LogP contribution in [0.25, 0.3) is 6.08 Å². The van der Waals surface area contributed by atoms with E-state index in [4.69, 9.17) is 12.2 Å². The van der Waals surface area contributed by atoms with Gasteiger partial charge in [-0.05, 0) is 30.3 Å². The van der Waals surface area contributed by atoms with Gasteiger partial charge in [0.05, 0.1) is 9.83 Å². The van der Waals surface area contributed by atoms with Crippen molar-refractivity contribution in [2.24, 2.45) is 0 Å². The zero-order chi connectivity index (χ0) is 21.8. The van der Waals surface area contributed by atoms with Crippen molar-refractivity contribution in [1.82, 2.24) is 4.90 Å². The van der Waals surface area contributed by atoms with Crippen LogP contribution in [0.5, 0.6) is 11.5 Å². The fourth-order valence-corrected chi connectivity index (χ4v) is 3.89. The molecule has 9 nitrogen and oxygen atoms in total. The third-order valence-electron chi connectivity index (χ3n) is 4.10. The molecule has 0 saturated carbocycles. The summed E-state index contributed by atoms with van der Waals surface area (Å²) in [6.45, 7) is 0.0579. The van der Waals surface area contributed by atoms with Gasteiger partial charge in [0.25, 0.3) is 11.6 Å². The first-order chi connectivity index (χ1) is 14.2. The molecule has 1 fully saturated rings. The van der Waals surface area contributed by atoms with Crippen molar-refractivity contribution in [2.75, 3.05) is 11.9 Å². The minimum atomic E-state index is -0.536. The van der Waals surface area contributed by atoms with E-state index < -0.39 is 4.92 Å². The average molecular weight is 445 g/mol. The molecule has 1 saturated heterocycles. The Kier molecular flexibility index (Phi) is 6.33. The molecule has 0 aromatic heterocycles. The highest BCUT2D eigenvalue weighted by molar-refractivity contribution is 8.26. The predicted molar refractivity (Wildman–Crippen MR) is 116 cm³/mol. The fraction of sp³-hybridized carbons (Fsp3) is 0.105.